The highest BCUT2D eigenvalue weighted by Crippen LogP contribution is 2.28. The molecule has 3 rings (SSSR count). The number of hydrogen-bond donors (Lipinski definition) is 1. The van der Waals surface area contributed by atoms with Gasteiger partial charge in [-0.1, -0.05) is 31.4 Å². The fourth-order valence-corrected chi connectivity index (χ4v) is 3.75. The number of rotatable bonds is 5. The highest BCUT2D eigenvalue weighted by atomic mass is 16.5. The van der Waals surface area contributed by atoms with Crippen LogP contribution in [0, 0.1) is 11.3 Å². The van der Waals surface area contributed by atoms with Crippen LogP contribution in [-0.2, 0) is 14.3 Å². The third-order valence-corrected chi connectivity index (χ3v) is 5.50. The van der Waals surface area contributed by atoms with Crippen LogP contribution in [0.15, 0.2) is 24.3 Å². The maximum atomic E-state index is 12.5. The zero-order valence-electron chi connectivity index (χ0n) is 16.4. The maximum Gasteiger partial charge on any atom is 0.329 e. The molecule has 8 nitrogen and oxygen atoms in total. The molecule has 2 atom stereocenters. The molecule has 0 spiro atoms. The fraction of sp³-hybridized carbons (Fsp3) is 0.476. The van der Waals surface area contributed by atoms with Crippen molar-refractivity contribution in [3.63, 3.8) is 0 Å². The number of amides is 3. The third kappa shape index (κ3) is 3.86. The van der Waals surface area contributed by atoms with Crippen LogP contribution in [0.5, 0.6) is 0 Å². The molecule has 2 aliphatic rings. The fourth-order valence-electron chi connectivity index (χ4n) is 3.75. The van der Waals surface area contributed by atoms with E-state index in [0.29, 0.717) is 12.8 Å². The predicted octanol–water partition coefficient (Wildman–Crippen LogP) is 1.95. The zero-order chi connectivity index (χ0) is 21.2. The van der Waals surface area contributed by atoms with Crippen LogP contribution in [-0.4, -0.2) is 46.3 Å². The molecule has 0 unspecified atom stereocenters. The molecular weight excluding hydrogens is 374 g/mol. The lowest BCUT2D eigenvalue weighted by atomic mass is 9.83. The van der Waals surface area contributed by atoms with Gasteiger partial charge in [-0.15, -0.1) is 0 Å². The summed E-state index contributed by atoms with van der Waals surface area (Å²) >= 11 is 0. The Labute approximate surface area is 168 Å². The molecule has 1 fully saturated rings. The number of carbonyl (C=O) groups excluding carboxylic acids is 4. The van der Waals surface area contributed by atoms with Crippen molar-refractivity contribution in [3.05, 3.63) is 35.4 Å². The van der Waals surface area contributed by atoms with Crippen molar-refractivity contribution in [2.45, 2.75) is 63.6 Å². The summed E-state index contributed by atoms with van der Waals surface area (Å²) < 4.78 is 5.21. The van der Waals surface area contributed by atoms with Crippen molar-refractivity contribution in [1.82, 2.24) is 10.2 Å². The van der Waals surface area contributed by atoms with Gasteiger partial charge in [-0.25, -0.2) is 4.79 Å². The lowest BCUT2D eigenvalue weighted by Crippen LogP contribution is -2.53. The second kappa shape index (κ2) is 8.03. The molecule has 8 heteroatoms. The minimum Gasteiger partial charge on any atom is -0.451 e. The summed E-state index contributed by atoms with van der Waals surface area (Å²) in [5.41, 5.74) is -0.475. The van der Waals surface area contributed by atoms with E-state index in [1.165, 1.54) is 26.0 Å². The number of ether oxygens (including phenoxy) is 1. The van der Waals surface area contributed by atoms with E-state index in [2.05, 4.69) is 11.4 Å². The Balaban J connectivity index is 1.64. The third-order valence-electron chi connectivity index (χ3n) is 5.50. The Bertz CT molecular complexity index is 863. The Morgan fingerprint density at radius 2 is 1.66 bits per heavy atom. The molecule has 1 heterocycles. The van der Waals surface area contributed by atoms with Gasteiger partial charge in [0.25, 0.3) is 17.7 Å². The smallest absolute Gasteiger partial charge is 0.329 e. The van der Waals surface area contributed by atoms with Gasteiger partial charge in [0.05, 0.1) is 17.2 Å². The Morgan fingerprint density at radius 1 is 1.10 bits per heavy atom. The van der Waals surface area contributed by atoms with Gasteiger partial charge in [-0.2, -0.15) is 5.26 Å². The van der Waals surface area contributed by atoms with E-state index >= 15 is 0 Å². The molecule has 1 aromatic carbocycles. The molecule has 152 valence electrons. The summed E-state index contributed by atoms with van der Waals surface area (Å²) in [7, 11) is 0. The molecule has 29 heavy (non-hydrogen) atoms. The normalized spacial score (nSPS) is 19.7. The lowest BCUT2D eigenvalue weighted by Gasteiger charge is -2.32. The summed E-state index contributed by atoms with van der Waals surface area (Å²) in [4.78, 5) is 50.8. The van der Waals surface area contributed by atoms with Crippen molar-refractivity contribution < 1.29 is 23.9 Å². The molecular formula is C21H23N3O5. The lowest BCUT2D eigenvalue weighted by molar-refractivity contribution is -0.158. The monoisotopic (exact) mass is 397 g/mol. The van der Waals surface area contributed by atoms with Crippen LogP contribution in [0.1, 0.15) is 66.7 Å². The van der Waals surface area contributed by atoms with Gasteiger partial charge in [0.2, 0.25) is 0 Å². The van der Waals surface area contributed by atoms with Gasteiger partial charge in [-0.3, -0.25) is 19.3 Å². The second-order valence-electron chi connectivity index (χ2n) is 7.52. The van der Waals surface area contributed by atoms with Crippen molar-refractivity contribution in [1.29, 1.82) is 5.26 Å². The molecule has 0 aromatic heterocycles. The van der Waals surface area contributed by atoms with Crippen LogP contribution in [0.25, 0.3) is 0 Å². The molecule has 1 aromatic rings. The van der Waals surface area contributed by atoms with Crippen molar-refractivity contribution in [3.8, 4) is 6.07 Å². The Morgan fingerprint density at radius 3 is 2.17 bits per heavy atom. The summed E-state index contributed by atoms with van der Waals surface area (Å²) in [6.45, 7) is 2.78. The highest BCUT2D eigenvalue weighted by Gasteiger charge is 2.42. The van der Waals surface area contributed by atoms with E-state index < -0.39 is 41.4 Å². The first-order valence-corrected chi connectivity index (χ1v) is 9.70. The summed E-state index contributed by atoms with van der Waals surface area (Å²) in [5.74, 6) is -2.58. The van der Waals surface area contributed by atoms with Crippen molar-refractivity contribution >= 4 is 23.7 Å². The number of nitrogens with zero attached hydrogens (tertiary/aromatic N) is 2. The standard InChI is InChI=1S/C21H23N3O5/c1-13(24-18(26)15-8-4-5-9-16(15)19(24)27)20(28)29-14(2)17(25)23-21(12-22)10-6-3-7-11-21/h4-5,8-9,13-14H,3,6-7,10-11H2,1-2H3,(H,23,25)/t13-,14+/m0/s1. The van der Waals surface area contributed by atoms with Gasteiger partial charge in [0, 0.05) is 0 Å². The summed E-state index contributed by atoms with van der Waals surface area (Å²) in [6.07, 6.45) is 2.66. The number of nitriles is 1. The Hall–Kier alpha value is -3.21. The molecule has 1 N–H and O–H groups in total. The van der Waals surface area contributed by atoms with Gasteiger partial charge in [0.1, 0.15) is 11.6 Å². The zero-order valence-corrected chi connectivity index (χ0v) is 16.4. The average Bonchev–Trinajstić information content (AvgIpc) is 2.98. The minimum absolute atomic E-state index is 0.233. The van der Waals surface area contributed by atoms with Crippen LogP contribution in [0.4, 0.5) is 0 Å². The predicted molar refractivity (Wildman–Crippen MR) is 102 cm³/mol. The summed E-state index contributed by atoms with van der Waals surface area (Å²) in [5, 5.41) is 12.2. The van der Waals surface area contributed by atoms with E-state index in [1.54, 1.807) is 12.1 Å². The van der Waals surface area contributed by atoms with Crippen molar-refractivity contribution in [2.24, 2.45) is 0 Å². The van der Waals surface area contributed by atoms with Crippen LogP contribution in [0.2, 0.25) is 0 Å². The summed E-state index contributed by atoms with van der Waals surface area (Å²) in [6, 6.07) is 7.31. The van der Waals surface area contributed by atoms with E-state index in [0.717, 1.165) is 24.2 Å². The highest BCUT2D eigenvalue weighted by molar-refractivity contribution is 6.22. The number of fused-ring (bicyclic) bond motifs is 1. The molecule has 0 saturated heterocycles. The minimum atomic E-state index is -1.18. The maximum absolute atomic E-state index is 12.5. The number of imide groups is 1. The quantitative estimate of drug-likeness (QED) is 0.599. The Kier molecular flexibility index (Phi) is 5.69. The van der Waals surface area contributed by atoms with E-state index in [9.17, 15) is 24.4 Å². The molecule has 1 saturated carbocycles. The van der Waals surface area contributed by atoms with Gasteiger partial charge >= 0.3 is 5.97 Å². The second-order valence-corrected chi connectivity index (χ2v) is 7.52. The van der Waals surface area contributed by atoms with Crippen LogP contribution >= 0.6 is 0 Å². The van der Waals surface area contributed by atoms with Gasteiger partial charge in [-0.05, 0) is 38.8 Å². The topological polar surface area (TPSA) is 117 Å². The first-order valence-electron chi connectivity index (χ1n) is 9.70. The molecule has 0 bridgehead atoms. The van der Waals surface area contributed by atoms with Crippen LogP contribution in [0.3, 0.4) is 0 Å². The molecule has 3 amide bonds. The number of hydrogen-bond acceptors (Lipinski definition) is 6. The number of benzene rings is 1. The average molecular weight is 397 g/mol. The van der Waals surface area contributed by atoms with Crippen molar-refractivity contribution in [2.75, 3.05) is 0 Å². The SMILES string of the molecule is C[C@@H](OC(=O)[C@H](C)N1C(=O)c2ccccc2C1=O)C(=O)NC1(C#N)CCCCC1. The largest absolute Gasteiger partial charge is 0.451 e. The van der Waals surface area contributed by atoms with Crippen LogP contribution < -0.4 is 5.32 Å². The number of esters is 1. The number of carbonyl (C=O) groups is 4. The van der Waals surface area contributed by atoms with E-state index in [-0.39, 0.29) is 11.1 Å². The van der Waals surface area contributed by atoms with Gasteiger partial charge < -0.3 is 10.1 Å². The first-order chi connectivity index (χ1) is 13.8. The van der Waals surface area contributed by atoms with Gasteiger partial charge in [0.15, 0.2) is 6.10 Å². The number of nitrogens with one attached hydrogen (secondary N) is 1. The molecule has 0 radical (unpaired) electrons. The molecule has 1 aliphatic heterocycles. The first kappa shape index (κ1) is 20.5. The van der Waals surface area contributed by atoms with E-state index in [1.807, 2.05) is 0 Å². The van der Waals surface area contributed by atoms with E-state index in [4.69, 9.17) is 4.74 Å². The molecule has 1 aliphatic carbocycles.